The van der Waals surface area contributed by atoms with Crippen LogP contribution in [0.3, 0.4) is 0 Å². The minimum atomic E-state index is -0.236. The van der Waals surface area contributed by atoms with E-state index in [0.717, 1.165) is 12.3 Å². The van der Waals surface area contributed by atoms with Crippen LogP contribution in [0.2, 0.25) is 0 Å². The lowest BCUT2D eigenvalue weighted by Gasteiger charge is -2.11. The van der Waals surface area contributed by atoms with E-state index in [0.29, 0.717) is 6.42 Å². The Bertz CT molecular complexity index is 313. The fourth-order valence-electron chi connectivity index (χ4n) is 2.81. The molecule has 0 aliphatic heterocycles. The topological polar surface area (TPSA) is 0 Å². The molecule has 0 saturated heterocycles. The minimum absolute atomic E-state index is 0.236. The summed E-state index contributed by atoms with van der Waals surface area (Å²) in [5, 5.41) is 0. The van der Waals surface area contributed by atoms with E-state index >= 15 is 0 Å². The molecule has 1 fully saturated rings. The molecule has 16 heavy (non-hydrogen) atoms. The Labute approximate surface area is 97.9 Å². The lowest BCUT2D eigenvalue weighted by atomic mass is 9.95. The minimum Gasteiger partial charge on any atom is -0.251 e. The van der Waals surface area contributed by atoms with Crippen LogP contribution in [0.1, 0.15) is 43.2 Å². The van der Waals surface area contributed by atoms with E-state index in [-0.39, 0.29) is 6.67 Å². The third-order valence-electron chi connectivity index (χ3n) is 3.78. The Morgan fingerprint density at radius 2 is 1.62 bits per heavy atom. The smallest absolute Gasteiger partial charge is 0.0934 e. The van der Waals surface area contributed by atoms with Gasteiger partial charge >= 0.3 is 0 Å². The normalized spacial score (nSPS) is 16.8. The predicted molar refractivity (Wildman–Crippen MR) is 66.4 cm³/mol. The van der Waals surface area contributed by atoms with E-state index in [1.54, 1.807) is 0 Å². The van der Waals surface area contributed by atoms with Gasteiger partial charge in [-0.05, 0) is 29.9 Å². The lowest BCUT2D eigenvalue weighted by molar-refractivity contribution is 0.488. The average Bonchev–Trinajstić information content (AvgIpc) is 2.81. The van der Waals surface area contributed by atoms with Gasteiger partial charge in [0, 0.05) is 6.42 Å². The number of aryl methyl sites for hydroxylation is 2. The van der Waals surface area contributed by atoms with Crippen LogP contribution in [0.25, 0.3) is 0 Å². The number of alkyl halides is 1. The van der Waals surface area contributed by atoms with Crippen LogP contribution in [0.15, 0.2) is 24.3 Å². The van der Waals surface area contributed by atoms with Gasteiger partial charge in [0.15, 0.2) is 0 Å². The molecule has 0 aromatic heterocycles. The summed E-state index contributed by atoms with van der Waals surface area (Å²) < 4.78 is 12.4. The number of rotatable bonds is 5. The molecular formula is C15H21F. The molecule has 0 bridgehead atoms. The quantitative estimate of drug-likeness (QED) is 0.693. The number of benzene rings is 1. The van der Waals surface area contributed by atoms with Crippen molar-refractivity contribution in [1.82, 2.24) is 0 Å². The fraction of sp³-hybridized carbons (Fsp3) is 0.600. The van der Waals surface area contributed by atoms with Crippen molar-refractivity contribution < 1.29 is 4.39 Å². The molecule has 0 N–H and O–H groups in total. The maximum Gasteiger partial charge on any atom is 0.0934 e. The average molecular weight is 220 g/mol. The highest BCUT2D eigenvalue weighted by molar-refractivity contribution is 5.27. The fourth-order valence-corrected chi connectivity index (χ4v) is 2.81. The number of halogens is 1. The Morgan fingerprint density at radius 1 is 1.00 bits per heavy atom. The first kappa shape index (κ1) is 11.6. The molecule has 1 saturated carbocycles. The van der Waals surface area contributed by atoms with Crippen molar-refractivity contribution in [2.75, 3.05) is 6.67 Å². The summed E-state index contributed by atoms with van der Waals surface area (Å²) in [5.41, 5.74) is 2.58. The van der Waals surface area contributed by atoms with Crippen molar-refractivity contribution in [2.24, 2.45) is 5.92 Å². The predicted octanol–water partition coefficient (Wildman–Crippen LogP) is 4.32. The lowest BCUT2D eigenvalue weighted by Crippen LogP contribution is -2.00. The van der Waals surface area contributed by atoms with Gasteiger partial charge in [-0.15, -0.1) is 0 Å². The molecule has 1 aromatic carbocycles. The van der Waals surface area contributed by atoms with Crippen LogP contribution < -0.4 is 0 Å². The summed E-state index contributed by atoms with van der Waals surface area (Å²) >= 11 is 0. The molecule has 0 radical (unpaired) electrons. The maximum absolute atomic E-state index is 12.4. The SMILES string of the molecule is FCCc1ccccc1CCC1CCCC1. The van der Waals surface area contributed by atoms with Gasteiger partial charge in [0.05, 0.1) is 6.67 Å². The third-order valence-corrected chi connectivity index (χ3v) is 3.78. The van der Waals surface area contributed by atoms with E-state index in [1.807, 2.05) is 6.07 Å². The Morgan fingerprint density at radius 3 is 2.25 bits per heavy atom. The van der Waals surface area contributed by atoms with Crippen molar-refractivity contribution in [3.05, 3.63) is 35.4 Å². The number of hydrogen-bond acceptors (Lipinski definition) is 0. The summed E-state index contributed by atoms with van der Waals surface area (Å²) in [5.74, 6) is 0.929. The zero-order valence-electron chi connectivity index (χ0n) is 9.92. The highest BCUT2D eigenvalue weighted by Gasteiger charge is 2.15. The molecule has 1 aromatic rings. The summed E-state index contributed by atoms with van der Waals surface area (Å²) in [7, 11) is 0. The van der Waals surface area contributed by atoms with Crippen LogP contribution in [0.5, 0.6) is 0 Å². The van der Waals surface area contributed by atoms with Crippen molar-refractivity contribution in [1.29, 1.82) is 0 Å². The molecule has 1 heteroatoms. The monoisotopic (exact) mass is 220 g/mol. The largest absolute Gasteiger partial charge is 0.251 e. The molecule has 1 aliphatic rings. The summed E-state index contributed by atoms with van der Waals surface area (Å²) in [6, 6.07) is 8.33. The van der Waals surface area contributed by atoms with Crippen LogP contribution in [-0.4, -0.2) is 6.67 Å². The Hall–Kier alpha value is -0.850. The standard InChI is InChI=1S/C15H21F/c16-12-11-15-8-4-3-7-14(15)10-9-13-5-1-2-6-13/h3-4,7-8,13H,1-2,5-6,9-12H2. The number of hydrogen-bond donors (Lipinski definition) is 0. The van der Waals surface area contributed by atoms with Gasteiger partial charge in [-0.2, -0.15) is 0 Å². The first-order chi connectivity index (χ1) is 7.90. The maximum atomic E-state index is 12.4. The summed E-state index contributed by atoms with van der Waals surface area (Å²) in [4.78, 5) is 0. The third kappa shape index (κ3) is 3.07. The van der Waals surface area contributed by atoms with Crippen molar-refractivity contribution in [2.45, 2.75) is 44.9 Å². The second kappa shape index (κ2) is 6.03. The van der Waals surface area contributed by atoms with E-state index in [2.05, 4.69) is 18.2 Å². The molecule has 0 atom stereocenters. The van der Waals surface area contributed by atoms with E-state index < -0.39 is 0 Å². The highest BCUT2D eigenvalue weighted by Crippen LogP contribution is 2.29. The van der Waals surface area contributed by atoms with Crippen molar-refractivity contribution >= 4 is 0 Å². The molecular weight excluding hydrogens is 199 g/mol. The van der Waals surface area contributed by atoms with Crippen LogP contribution >= 0.6 is 0 Å². The first-order valence-corrected chi connectivity index (χ1v) is 6.53. The second-order valence-electron chi connectivity index (χ2n) is 4.90. The van der Waals surface area contributed by atoms with Gasteiger partial charge in [-0.1, -0.05) is 49.9 Å². The molecule has 0 nitrogen and oxygen atoms in total. The van der Waals surface area contributed by atoms with Crippen LogP contribution in [0.4, 0.5) is 4.39 Å². The van der Waals surface area contributed by atoms with Gasteiger partial charge in [0.25, 0.3) is 0 Å². The van der Waals surface area contributed by atoms with E-state index in [1.165, 1.54) is 43.2 Å². The molecule has 1 aliphatic carbocycles. The second-order valence-corrected chi connectivity index (χ2v) is 4.90. The zero-order valence-corrected chi connectivity index (χ0v) is 9.92. The van der Waals surface area contributed by atoms with E-state index in [9.17, 15) is 4.39 Å². The summed E-state index contributed by atoms with van der Waals surface area (Å²) in [6.07, 6.45) is 8.66. The summed E-state index contributed by atoms with van der Waals surface area (Å²) in [6.45, 7) is -0.236. The van der Waals surface area contributed by atoms with Gasteiger partial charge in [0.1, 0.15) is 0 Å². The van der Waals surface area contributed by atoms with Gasteiger partial charge in [0.2, 0.25) is 0 Å². The van der Waals surface area contributed by atoms with Gasteiger partial charge in [-0.3, -0.25) is 4.39 Å². The van der Waals surface area contributed by atoms with Gasteiger partial charge < -0.3 is 0 Å². The highest BCUT2D eigenvalue weighted by atomic mass is 19.1. The molecule has 88 valence electrons. The van der Waals surface area contributed by atoms with Crippen molar-refractivity contribution in [3.63, 3.8) is 0 Å². The molecule has 0 spiro atoms. The van der Waals surface area contributed by atoms with Crippen LogP contribution in [0, 0.1) is 5.92 Å². The molecule has 0 unspecified atom stereocenters. The Balaban J connectivity index is 1.91. The van der Waals surface area contributed by atoms with Gasteiger partial charge in [-0.25, -0.2) is 0 Å². The van der Waals surface area contributed by atoms with Crippen molar-refractivity contribution in [3.8, 4) is 0 Å². The first-order valence-electron chi connectivity index (χ1n) is 6.53. The zero-order chi connectivity index (χ0) is 11.2. The Kier molecular flexibility index (Phi) is 4.38. The molecule has 2 rings (SSSR count). The molecule has 0 heterocycles. The van der Waals surface area contributed by atoms with E-state index in [4.69, 9.17) is 0 Å². The molecule has 0 amide bonds. The van der Waals surface area contributed by atoms with Crippen LogP contribution in [-0.2, 0) is 12.8 Å².